The second-order valence-electron chi connectivity index (χ2n) is 5.95. The van der Waals surface area contributed by atoms with E-state index in [4.69, 9.17) is 27.9 Å². The third-order valence-corrected chi connectivity index (χ3v) is 7.19. The maximum Gasteiger partial charge on any atom is 0.237 e. The number of sulfonamides is 1. The van der Waals surface area contributed by atoms with Gasteiger partial charge in [-0.3, -0.25) is 0 Å². The number of methoxy groups -OCH3 is 1. The Balaban J connectivity index is 2.74. The molecule has 0 spiro atoms. The summed E-state index contributed by atoms with van der Waals surface area (Å²) in [6, 6.07) is 5.49. The highest BCUT2D eigenvalue weighted by Gasteiger charge is 2.28. The minimum absolute atomic E-state index is 0.0294. The summed E-state index contributed by atoms with van der Waals surface area (Å²) in [4.78, 5) is 3.98. The van der Waals surface area contributed by atoms with Gasteiger partial charge in [0.05, 0.1) is 29.2 Å². The fraction of sp³-hybridized carbons (Fsp3) is 0.312. The first-order valence-electron chi connectivity index (χ1n) is 7.62. The minimum atomic E-state index is -3.88. The lowest BCUT2D eigenvalue weighted by Crippen LogP contribution is -2.26. The summed E-state index contributed by atoms with van der Waals surface area (Å²) in [6.45, 7) is 3.07. The fourth-order valence-electron chi connectivity index (χ4n) is 2.28. The van der Waals surface area contributed by atoms with Crippen molar-refractivity contribution in [2.24, 2.45) is 0 Å². The van der Waals surface area contributed by atoms with Gasteiger partial charge in [-0.1, -0.05) is 23.2 Å². The number of halogens is 2. The standard InChI is InChI=1S/C16H18Cl2N2O5S2/c1-10(2)27(23,24)14-8-15(25-3)16(19-9-14)20(26(4,21)22)13-6-11(17)5-12(18)7-13/h5-10H,1-4H3. The monoisotopic (exact) mass is 452 g/mol. The molecule has 0 unspecified atom stereocenters. The number of hydrogen-bond acceptors (Lipinski definition) is 6. The van der Waals surface area contributed by atoms with Crippen molar-refractivity contribution in [2.75, 3.05) is 17.7 Å². The second kappa shape index (κ2) is 7.83. The molecule has 0 bridgehead atoms. The van der Waals surface area contributed by atoms with Crippen molar-refractivity contribution < 1.29 is 21.6 Å². The van der Waals surface area contributed by atoms with Crippen LogP contribution in [0.25, 0.3) is 0 Å². The van der Waals surface area contributed by atoms with Crippen LogP contribution < -0.4 is 9.04 Å². The summed E-state index contributed by atoms with van der Waals surface area (Å²) >= 11 is 12.0. The predicted molar refractivity (Wildman–Crippen MR) is 107 cm³/mol. The van der Waals surface area contributed by atoms with Gasteiger partial charge in [-0.25, -0.2) is 26.1 Å². The van der Waals surface area contributed by atoms with E-state index < -0.39 is 25.1 Å². The number of ether oxygens (including phenoxy) is 1. The molecule has 0 aliphatic rings. The van der Waals surface area contributed by atoms with Crippen molar-refractivity contribution in [3.8, 4) is 5.75 Å². The van der Waals surface area contributed by atoms with Crippen LogP contribution in [0.2, 0.25) is 10.0 Å². The number of benzene rings is 1. The molecule has 0 aliphatic heterocycles. The van der Waals surface area contributed by atoms with Crippen LogP contribution >= 0.6 is 23.2 Å². The van der Waals surface area contributed by atoms with E-state index in [1.807, 2.05) is 0 Å². The molecule has 148 valence electrons. The second-order valence-corrected chi connectivity index (χ2v) is 11.2. The van der Waals surface area contributed by atoms with Gasteiger partial charge >= 0.3 is 0 Å². The lowest BCUT2D eigenvalue weighted by Gasteiger charge is -2.24. The van der Waals surface area contributed by atoms with Crippen molar-refractivity contribution in [1.82, 2.24) is 4.98 Å². The Morgan fingerprint density at radius 1 is 1.04 bits per heavy atom. The smallest absolute Gasteiger partial charge is 0.237 e. The van der Waals surface area contributed by atoms with Crippen molar-refractivity contribution in [1.29, 1.82) is 0 Å². The molecule has 0 saturated carbocycles. The first kappa shape index (κ1) is 21.7. The van der Waals surface area contributed by atoms with Gasteiger partial charge in [-0.05, 0) is 32.0 Å². The molecular weight excluding hydrogens is 435 g/mol. The number of sulfone groups is 1. The van der Waals surface area contributed by atoms with Crippen molar-refractivity contribution >= 4 is 54.6 Å². The molecule has 2 aromatic rings. The molecule has 11 heteroatoms. The maximum atomic E-state index is 12.4. The molecule has 2 rings (SSSR count). The summed E-state index contributed by atoms with van der Waals surface area (Å²) < 4.78 is 55.7. The number of nitrogens with zero attached hydrogens (tertiary/aromatic N) is 2. The molecule has 0 radical (unpaired) electrons. The van der Waals surface area contributed by atoms with E-state index in [2.05, 4.69) is 4.98 Å². The van der Waals surface area contributed by atoms with Gasteiger partial charge in [-0.2, -0.15) is 0 Å². The van der Waals surface area contributed by atoms with Gasteiger partial charge < -0.3 is 4.74 Å². The van der Waals surface area contributed by atoms with Crippen LogP contribution in [0, 0.1) is 0 Å². The van der Waals surface area contributed by atoms with Crippen LogP contribution in [0.3, 0.4) is 0 Å². The lowest BCUT2D eigenvalue weighted by atomic mass is 10.3. The summed E-state index contributed by atoms with van der Waals surface area (Å²) in [6.07, 6.45) is 2.07. The van der Waals surface area contributed by atoms with Crippen LogP contribution in [0.1, 0.15) is 13.8 Å². The van der Waals surface area contributed by atoms with Gasteiger partial charge in [0.1, 0.15) is 0 Å². The van der Waals surface area contributed by atoms with Gasteiger partial charge in [-0.15, -0.1) is 0 Å². The van der Waals surface area contributed by atoms with Gasteiger partial charge in [0.15, 0.2) is 21.4 Å². The van der Waals surface area contributed by atoms with Crippen LogP contribution in [-0.4, -0.2) is 40.4 Å². The minimum Gasteiger partial charge on any atom is -0.493 e. The van der Waals surface area contributed by atoms with Crippen LogP contribution in [0.15, 0.2) is 35.4 Å². The number of anilines is 2. The van der Waals surface area contributed by atoms with Gasteiger partial charge in [0.2, 0.25) is 10.0 Å². The molecule has 27 heavy (non-hydrogen) atoms. The molecule has 0 amide bonds. The van der Waals surface area contributed by atoms with E-state index in [-0.39, 0.29) is 32.2 Å². The van der Waals surface area contributed by atoms with Crippen molar-refractivity contribution in [2.45, 2.75) is 24.0 Å². The topological polar surface area (TPSA) is 93.6 Å². The SMILES string of the molecule is COc1cc(S(=O)(=O)C(C)C)cnc1N(c1cc(Cl)cc(Cl)c1)S(C)(=O)=O. The summed E-state index contributed by atoms with van der Waals surface area (Å²) in [7, 11) is -6.21. The highest BCUT2D eigenvalue weighted by molar-refractivity contribution is 7.92. The molecular formula is C16H18Cl2N2O5S2. The lowest BCUT2D eigenvalue weighted by molar-refractivity contribution is 0.412. The third-order valence-electron chi connectivity index (χ3n) is 3.58. The van der Waals surface area contributed by atoms with Crippen LogP contribution in [0.4, 0.5) is 11.5 Å². The number of pyridine rings is 1. The van der Waals surface area contributed by atoms with E-state index in [9.17, 15) is 16.8 Å². The van der Waals surface area contributed by atoms with Gasteiger partial charge in [0, 0.05) is 22.3 Å². The van der Waals surface area contributed by atoms with Crippen LogP contribution in [0.5, 0.6) is 5.75 Å². The Bertz CT molecular complexity index is 1050. The first-order chi connectivity index (χ1) is 12.4. The normalized spacial score (nSPS) is 12.3. The summed E-state index contributed by atoms with van der Waals surface area (Å²) in [5, 5.41) is -0.221. The summed E-state index contributed by atoms with van der Waals surface area (Å²) in [5.41, 5.74) is 0.139. The van der Waals surface area contributed by atoms with Gasteiger partial charge in [0.25, 0.3) is 0 Å². The third kappa shape index (κ3) is 4.66. The quantitative estimate of drug-likeness (QED) is 0.663. The van der Waals surface area contributed by atoms with E-state index in [0.717, 1.165) is 16.8 Å². The molecule has 1 aromatic heterocycles. The zero-order chi connectivity index (χ0) is 20.6. The first-order valence-corrected chi connectivity index (χ1v) is 11.8. The number of rotatable bonds is 6. The number of hydrogen-bond donors (Lipinski definition) is 0. The highest BCUT2D eigenvalue weighted by Crippen LogP contribution is 2.37. The number of aromatic nitrogens is 1. The Hall–Kier alpha value is -1.55. The largest absolute Gasteiger partial charge is 0.493 e. The zero-order valence-electron chi connectivity index (χ0n) is 15.0. The molecule has 1 heterocycles. The molecule has 0 aliphatic carbocycles. The fourth-order valence-corrected chi connectivity index (χ4v) is 4.75. The average molecular weight is 453 g/mol. The Labute approximate surface area is 168 Å². The highest BCUT2D eigenvalue weighted by atomic mass is 35.5. The Kier molecular flexibility index (Phi) is 6.30. The molecule has 0 N–H and O–H groups in total. The summed E-state index contributed by atoms with van der Waals surface area (Å²) in [5.74, 6) is -0.140. The van der Waals surface area contributed by atoms with Crippen molar-refractivity contribution in [3.63, 3.8) is 0 Å². The Morgan fingerprint density at radius 2 is 1.59 bits per heavy atom. The molecule has 0 saturated heterocycles. The Morgan fingerprint density at radius 3 is 2.04 bits per heavy atom. The average Bonchev–Trinajstić information content (AvgIpc) is 2.52. The van der Waals surface area contributed by atoms with E-state index in [1.165, 1.54) is 45.2 Å². The predicted octanol–water partition coefficient (Wildman–Crippen LogP) is 3.68. The zero-order valence-corrected chi connectivity index (χ0v) is 18.1. The molecule has 0 fully saturated rings. The maximum absolute atomic E-state index is 12.4. The van der Waals surface area contributed by atoms with E-state index in [0.29, 0.717) is 0 Å². The van der Waals surface area contributed by atoms with E-state index in [1.54, 1.807) is 0 Å². The van der Waals surface area contributed by atoms with Crippen molar-refractivity contribution in [3.05, 3.63) is 40.5 Å². The van der Waals surface area contributed by atoms with Crippen LogP contribution in [-0.2, 0) is 19.9 Å². The molecule has 0 atom stereocenters. The molecule has 7 nitrogen and oxygen atoms in total. The molecule has 1 aromatic carbocycles. The van der Waals surface area contributed by atoms with E-state index >= 15 is 0 Å².